The zero-order valence-electron chi connectivity index (χ0n) is 36.3. The number of nitrogen functional groups attached to an aromatic ring is 1. The van der Waals surface area contributed by atoms with E-state index >= 15 is 0 Å². The predicted molar refractivity (Wildman–Crippen MR) is 250 cm³/mol. The fourth-order valence-corrected chi connectivity index (χ4v) is 7.37. The highest BCUT2D eigenvalue weighted by molar-refractivity contribution is 5.77. The summed E-state index contributed by atoms with van der Waals surface area (Å²) in [5.41, 5.74) is 13.5. The number of amides is 1. The summed E-state index contributed by atoms with van der Waals surface area (Å²) in [6, 6.07) is 37.8. The smallest absolute Gasteiger partial charge is 0.323 e. The molecule has 0 bridgehead atoms. The summed E-state index contributed by atoms with van der Waals surface area (Å²) in [5, 5.41) is 31.0. The maximum atomic E-state index is 13.5. The second-order valence-electron chi connectivity index (χ2n) is 15.5. The van der Waals surface area contributed by atoms with Crippen LogP contribution in [0.2, 0.25) is 0 Å². The number of aryl methyl sites for hydroxylation is 5. The highest BCUT2D eigenvalue weighted by Gasteiger charge is 2.17. The Kier molecular flexibility index (Phi) is 16.8. The molecule has 334 valence electrons. The van der Waals surface area contributed by atoms with Crippen molar-refractivity contribution in [3.8, 4) is 22.5 Å². The van der Waals surface area contributed by atoms with Crippen LogP contribution in [0, 0.1) is 6.92 Å². The Labute approximate surface area is 376 Å². The van der Waals surface area contributed by atoms with Crippen molar-refractivity contribution < 1.29 is 24.9 Å². The molecule has 6 N–H and O–H groups in total. The van der Waals surface area contributed by atoms with Gasteiger partial charge in [0.25, 0.3) is 11.1 Å². The van der Waals surface area contributed by atoms with Crippen molar-refractivity contribution in [2.24, 2.45) is 0 Å². The Morgan fingerprint density at radius 1 is 0.615 bits per heavy atom. The van der Waals surface area contributed by atoms with Gasteiger partial charge in [0.2, 0.25) is 5.91 Å². The summed E-state index contributed by atoms with van der Waals surface area (Å²) in [5.74, 6) is -0.979. The molecule has 14 nitrogen and oxygen atoms in total. The Morgan fingerprint density at radius 3 is 1.55 bits per heavy atom. The molecule has 0 spiro atoms. The monoisotopic (exact) mass is 875 g/mol. The van der Waals surface area contributed by atoms with Gasteiger partial charge < -0.3 is 26.4 Å². The van der Waals surface area contributed by atoms with Crippen LogP contribution in [0.4, 0.5) is 5.82 Å². The molecular weight excluding hydrogens is 823 g/mol. The number of carbonyl (C=O) groups is 2. The van der Waals surface area contributed by atoms with Gasteiger partial charge in [-0.25, -0.2) is 4.98 Å². The number of carbonyl (C=O) groups excluding carboxylic acids is 1. The second-order valence-corrected chi connectivity index (χ2v) is 15.5. The molecule has 14 heteroatoms. The SMILES string of the molecule is Cc1nc(N)ccc1CNC(=O)Cn1c(-c2cccc(CO)c2)cnc(CCCc2ccccc2)c1=O.O=C(O)Cn1c(-c2cccc(CO)c2)cnc(CCCc2ccccc2)c1=O. The summed E-state index contributed by atoms with van der Waals surface area (Å²) in [4.78, 5) is 63.7. The number of pyridine rings is 1. The first kappa shape index (κ1) is 46.9. The van der Waals surface area contributed by atoms with E-state index in [0.29, 0.717) is 63.7 Å². The average Bonchev–Trinajstić information content (AvgIpc) is 3.32. The average molecular weight is 876 g/mol. The topological polar surface area (TPSA) is 216 Å². The van der Waals surface area contributed by atoms with E-state index in [1.807, 2.05) is 67.6 Å². The molecule has 0 aliphatic carbocycles. The number of anilines is 1. The van der Waals surface area contributed by atoms with E-state index in [1.165, 1.54) is 20.3 Å². The largest absolute Gasteiger partial charge is 0.480 e. The number of carboxylic acids is 1. The Bertz CT molecular complexity index is 2830. The first-order valence-electron chi connectivity index (χ1n) is 21.4. The molecule has 7 aromatic rings. The minimum atomic E-state index is -1.09. The molecular formula is C51H53N7O7. The summed E-state index contributed by atoms with van der Waals surface area (Å²) >= 11 is 0. The van der Waals surface area contributed by atoms with Crippen LogP contribution in [-0.4, -0.2) is 51.3 Å². The summed E-state index contributed by atoms with van der Waals surface area (Å²) < 4.78 is 2.70. The van der Waals surface area contributed by atoms with Gasteiger partial charge in [-0.1, -0.05) is 103 Å². The van der Waals surface area contributed by atoms with Crippen molar-refractivity contribution in [1.29, 1.82) is 0 Å². The fraction of sp³-hybridized carbons (Fsp3) is 0.235. The van der Waals surface area contributed by atoms with Gasteiger partial charge in [-0.05, 0) is 91.5 Å². The Balaban J connectivity index is 0.000000224. The van der Waals surface area contributed by atoms with Gasteiger partial charge in [-0.3, -0.25) is 38.3 Å². The number of aromatic nitrogens is 5. The van der Waals surface area contributed by atoms with Gasteiger partial charge in [0.05, 0.1) is 37.0 Å². The lowest BCUT2D eigenvalue weighted by molar-refractivity contribution is -0.137. The molecule has 0 saturated heterocycles. The zero-order valence-corrected chi connectivity index (χ0v) is 36.3. The molecule has 0 aliphatic heterocycles. The maximum absolute atomic E-state index is 13.5. The van der Waals surface area contributed by atoms with Crippen LogP contribution in [0.1, 0.15) is 57.7 Å². The third-order valence-corrected chi connectivity index (χ3v) is 10.8. The molecule has 3 aromatic heterocycles. The predicted octanol–water partition coefficient (Wildman–Crippen LogP) is 5.84. The third kappa shape index (κ3) is 13.2. The van der Waals surface area contributed by atoms with Crippen LogP contribution >= 0.6 is 0 Å². The molecule has 0 atom stereocenters. The number of aliphatic hydroxyl groups excluding tert-OH is 2. The summed E-state index contributed by atoms with van der Waals surface area (Å²) in [6.07, 6.45) is 7.32. The number of nitrogens with two attached hydrogens (primary N) is 1. The standard InChI is InChI=1S/C29H31N5O3.C22H22N2O4/c1-20-24(13-14-27(30)33-20)16-32-28(36)18-34-26(23-11-5-10-22(15-23)19-35)17-31-25(29(34)37)12-6-9-21-7-3-2-4-8-21;25-15-17-9-4-10-18(12-17)20-13-23-19(22(28)24(20)14-21(26)27)11-5-8-16-6-2-1-3-7-16/h2-5,7-8,10-11,13-15,17,35H,6,9,12,16,18-19H2,1H3,(H2,30,33)(H,32,36);1-4,6-7,9-10,12-13,25H,5,8,11,14-15H2,(H,26,27). The molecule has 0 radical (unpaired) electrons. The van der Waals surface area contributed by atoms with E-state index in [0.717, 1.165) is 36.9 Å². The van der Waals surface area contributed by atoms with Crippen LogP contribution in [0.15, 0.2) is 143 Å². The van der Waals surface area contributed by atoms with Gasteiger partial charge in [-0.2, -0.15) is 0 Å². The highest BCUT2D eigenvalue weighted by atomic mass is 16.4. The number of hydrogen-bond donors (Lipinski definition) is 5. The van der Waals surface area contributed by atoms with Gasteiger partial charge in [0, 0.05) is 23.4 Å². The van der Waals surface area contributed by atoms with Crippen LogP contribution in [0.25, 0.3) is 22.5 Å². The molecule has 1 amide bonds. The second kappa shape index (κ2) is 23.2. The number of benzene rings is 4. The molecule has 65 heavy (non-hydrogen) atoms. The number of carboxylic acid groups (broad SMARTS) is 1. The maximum Gasteiger partial charge on any atom is 0.323 e. The van der Waals surface area contributed by atoms with Crippen LogP contribution in [0.5, 0.6) is 0 Å². The zero-order chi connectivity index (χ0) is 46.1. The van der Waals surface area contributed by atoms with Crippen molar-refractivity contribution in [3.63, 3.8) is 0 Å². The third-order valence-electron chi connectivity index (χ3n) is 10.8. The number of aliphatic hydroxyl groups is 2. The van der Waals surface area contributed by atoms with E-state index in [1.54, 1.807) is 60.9 Å². The van der Waals surface area contributed by atoms with Crippen LogP contribution in [0.3, 0.4) is 0 Å². The van der Waals surface area contributed by atoms with E-state index in [-0.39, 0.29) is 43.3 Å². The molecule has 0 fully saturated rings. The Morgan fingerprint density at radius 2 is 1.09 bits per heavy atom. The molecule has 0 unspecified atom stereocenters. The lowest BCUT2D eigenvalue weighted by Gasteiger charge is -2.15. The van der Waals surface area contributed by atoms with Crippen molar-refractivity contribution in [3.05, 3.63) is 199 Å². The number of aliphatic carboxylic acids is 1. The lowest BCUT2D eigenvalue weighted by Crippen LogP contribution is -2.34. The summed E-state index contributed by atoms with van der Waals surface area (Å²) in [6.45, 7) is 1.25. The summed E-state index contributed by atoms with van der Waals surface area (Å²) in [7, 11) is 0. The normalized spacial score (nSPS) is 10.8. The number of nitrogens with one attached hydrogen (secondary N) is 1. The van der Waals surface area contributed by atoms with E-state index in [9.17, 15) is 34.5 Å². The van der Waals surface area contributed by atoms with Crippen molar-refractivity contribution in [1.82, 2.24) is 29.4 Å². The van der Waals surface area contributed by atoms with Crippen LogP contribution < -0.4 is 22.2 Å². The van der Waals surface area contributed by atoms with Gasteiger partial charge in [0.15, 0.2) is 0 Å². The van der Waals surface area contributed by atoms with Crippen molar-refractivity contribution in [2.75, 3.05) is 5.73 Å². The van der Waals surface area contributed by atoms with E-state index in [4.69, 9.17) is 5.73 Å². The van der Waals surface area contributed by atoms with Crippen molar-refractivity contribution >= 4 is 17.7 Å². The molecule has 0 aliphatic rings. The number of nitrogens with zero attached hydrogens (tertiary/aromatic N) is 5. The van der Waals surface area contributed by atoms with Crippen molar-refractivity contribution in [2.45, 2.75) is 78.3 Å². The lowest BCUT2D eigenvalue weighted by atomic mass is 10.1. The minimum Gasteiger partial charge on any atom is -0.480 e. The van der Waals surface area contributed by atoms with E-state index in [2.05, 4.69) is 32.4 Å². The van der Waals surface area contributed by atoms with Gasteiger partial charge >= 0.3 is 5.97 Å². The van der Waals surface area contributed by atoms with Gasteiger partial charge in [-0.15, -0.1) is 0 Å². The van der Waals surface area contributed by atoms with Gasteiger partial charge in [0.1, 0.15) is 30.3 Å². The molecule has 4 aromatic carbocycles. The van der Waals surface area contributed by atoms with Crippen LogP contribution in [-0.2, 0) is 68.1 Å². The number of hydrogen-bond acceptors (Lipinski definition) is 10. The quantitative estimate of drug-likeness (QED) is 0.0690. The molecule has 3 heterocycles. The molecule has 0 saturated carbocycles. The molecule has 7 rings (SSSR count). The first-order valence-corrected chi connectivity index (χ1v) is 21.4. The highest BCUT2D eigenvalue weighted by Crippen LogP contribution is 2.21. The first-order chi connectivity index (χ1) is 31.5. The Hall–Kier alpha value is -7.55. The fourth-order valence-electron chi connectivity index (χ4n) is 7.37. The minimum absolute atomic E-state index is 0.126. The number of rotatable bonds is 18. The van der Waals surface area contributed by atoms with E-state index < -0.39 is 12.5 Å².